The molecule has 8 nitrogen and oxygen atoms in total. The van der Waals surface area contributed by atoms with Gasteiger partial charge < -0.3 is 9.64 Å². The van der Waals surface area contributed by atoms with Crippen LogP contribution in [-0.4, -0.2) is 51.3 Å². The third-order valence-corrected chi connectivity index (χ3v) is 6.64. The van der Waals surface area contributed by atoms with E-state index in [1.54, 1.807) is 37.5 Å². The van der Waals surface area contributed by atoms with Crippen molar-refractivity contribution in [2.75, 3.05) is 24.8 Å². The highest BCUT2D eigenvalue weighted by Gasteiger charge is 2.25. The second-order valence-corrected chi connectivity index (χ2v) is 8.70. The molecule has 0 spiro atoms. The van der Waals surface area contributed by atoms with Crippen molar-refractivity contribution in [1.29, 1.82) is 0 Å². The average molecular weight is 472 g/mol. The van der Waals surface area contributed by atoms with Crippen molar-refractivity contribution < 1.29 is 14.3 Å². The molecule has 1 aliphatic rings. The predicted octanol–water partition coefficient (Wildman–Crippen LogP) is 3.83. The normalized spacial score (nSPS) is 12.6. The molecular formula is C25H21N5O3S. The van der Waals surface area contributed by atoms with Crippen molar-refractivity contribution in [3.8, 4) is 22.8 Å². The Morgan fingerprint density at radius 1 is 1.06 bits per heavy atom. The molecule has 4 aromatic rings. The fraction of sp³-hybridized carbons (Fsp3) is 0.160. The van der Waals surface area contributed by atoms with E-state index in [2.05, 4.69) is 15.2 Å². The Morgan fingerprint density at radius 2 is 1.82 bits per heavy atom. The molecule has 2 aromatic heterocycles. The smallest absolute Gasteiger partial charge is 0.231 e. The first-order valence-electron chi connectivity index (χ1n) is 10.6. The zero-order chi connectivity index (χ0) is 23.7. The van der Waals surface area contributed by atoms with Crippen LogP contribution in [0.1, 0.15) is 15.9 Å². The minimum atomic E-state index is -0.0375. The number of hydrogen-bond donors (Lipinski definition) is 0. The Bertz CT molecular complexity index is 1370. The molecule has 1 aliphatic heterocycles. The second-order valence-electron chi connectivity index (χ2n) is 7.76. The first kappa shape index (κ1) is 21.8. The van der Waals surface area contributed by atoms with Crippen LogP contribution in [-0.2, 0) is 11.2 Å². The van der Waals surface area contributed by atoms with E-state index in [1.807, 2.05) is 53.1 Å². The van der Waals surface area contributed by atoms with Crippen molar-refractivity contribution >= 4 is 29.1 Å². The van der Waals surface area contributed by atoms with E-state index in [0.29, 0.717) is 23.0 Å². The zero-order valence-electron chi connectivity index (χ0n) is 18.6. The Kier molecular flexibility index (Phi) is 5.85. The van der Waals surface area contributed by atoms with Crippen molar-refractivity contribution in [3.63, 3.8) is 0 Å². The minimum Gasteiger partial charge on any atom is -0.497 e. The van der Waals surface area contributed by atoms with E-state index in [1.165, 1.54) is 11.8 Å². The van der Waals surface area contributed by atoms with Gasteiger partial charge in [0.25, 0.3) is 0 Å². The summed E-state index contributed by atoms with van der Waals surface area (Å²) in [7, 11) is 3.37. The molecule has 34 heavy (non-hydrogen) atoms. The van der Waals surface area contributed by atoms with Gasteiger partial charge in [-0.1, -0.05) is 11.8 Å². The number of Topliss-reactive ketones (excluding diaryl/α,β-unsaturated/α-hetero) is 1. The molecule has 5 rings (SSSR count). The number of hydrogen-bond acceptors (Lipinski definition) is 7. The molecule has 9 heteroatoms. The van der Waals surface area contributed by atoms with Crippen molar-refractivity contribution in [3.05, 3.63) is 78.1 Å². The van der Waals surface area contributed by atoms with E-state index in [-0.39, 0.29) is 17.4 Å². The van der Waals surface area contributed by atoms with Gasteiger partial charge in [0.05, 0.1) is 19.3 Å². The topological polar surface area (TPSA) is 90.2 Å². The number of methoxy groups -OCH3 is 1. The summed E-state index contributed by atoms with van der Waals surface area (Å²) in [6.45, 7) is 0. The SMILES string of the molecule is COc1ccc(-n2c(SCC(=O)c3ccc4c(c3)CC(=O)N4C)nnc2-c2ccncc2)cc1. The summed E-state index contributed by atoms with van der Waals surface area (Å²) in [6, 6.07) is 16.7. The number of carbonyl (C=O) groups excluding carboxylic acids is 2. The van der Waals surface area contributed by atoms with Gasteiger partial charge in [-0.3, -0.25) is 19.1 Å². The average Bonchev–Trinajstić information content (AvgIpc) is 3.43. The van der Waals surface area contributed by atoms with Gasteiger partial charge in [-0.15, -0.1) is 10.2 Å². The summed E-state index contributed by atoms with van der Waals surface area (Å²) in [5.41, 5.74) is 4.04. The first-order chi connectivity index (χ1) is 16.5. The summed E-state index contributed by atoms with van der Waals surface area (Å²) in [5, 5.41) is 9.37. The molecular weight excluding hydrogens is 450 g/mol. The van der Waals surface area contributed by atoms with Gasteiger partial charge in [0.15, 0.2) is 16.8 Å². The molecule has 0 atom stereocenters. The standard InChI is InChI=1S/C25H21N5O3S/c1-29-21-8-3-17(13-18(21)14-23(29)32)22(31)15-34-25-28-27-24(16-9-11-26-12-10-16)30(25)19-4-6-20(33-2)7-5-19/h3-13H,14-15H2,1-2H3. The van der Waals surface area contributed by atoms with Gasteiger partial charge in [0.2, 0.25) is 5.91 Å². The van der Waals surface area contributed by atoms with Gasteiger partial charge in [-0.2, -0.15) is 0 Å². The third kappa shape index (κ3) is 4.06. The minimum absolute atomic E-state index is 0.0326. The monoisotopic (exact) mass is 471 g/mol. The van der Waals surface area contributed by atoms with E-state index >= 15 is 0 Å². The number of thioether (sulfide) groups is 1. The van der Waals surface area contributed by atoms with Gasteiger partial charge in [0.1, 0.15) is 5.75 Å². The van der Waals surface area contributed by atoms with Crippen LogP contribution in [0, 0.1) is 0 Å². The summed E-state index contributed by atoms with van der Waals surface area (Å²) >= 11 is 1.32. The summed E-state index contributed by atoms with van der Waals surface area (Å²) in [6.07, 6.45) is 3.73. The number of anilines is 1. The Hall–Kier alpha value is -3.98. The number of carbonyl (C=O) groups is 2. The fourth-order valence-electron chi connectivity index (χ4n) is 3.87. The number of rotatable bonds is 7. The zero-order valence-corrected chi connectivity index (χ0v) is 19.5. The van der Waals surface area contributed by atoms with Gasteiger partial charge in [-0.05, 0) is 60.2 Å². The summed E-state index contributed by atoms with van der Waals surface area (Å²) in [4.78, 5) is 30.7. The van der Waals surface area contributed by atoms with Gasteiger partial charge >= 0.3 is 0 Å². The maximum Gasteiger partial charge on any atom is 0.231 e. The lowest BCUT2D eigenvalue weighted by molar-refractivity contribution is -0.117. The Balaban J connectivity index is 1.43. The molecule has 0 radical (unpaired) electrons. The largest absolute Gasteiger partial charge is 0.497 e. The summed E-state index contributed by atoms with van der Waals surface area (Å²) in [5.74, 6) is 1.58. The highest BCUT2D eigenvalue weighted by atomic mass is 32.2. The molecule has 170 valence electrons. The van der Waals surface area contributed by atoms with Crippen LogP contribution < -0.4 is 9.64 Å². The van der Waals surface area contributed by atoms with E-state index < -0.39 is 0 Å². The number of amides is 1. The molecule has 0 saturated carbocycles. The molecule has 0 unspecified atom stereocenters. The second kappa shape index (κ2) is 9.11. The number of ether oxygens (including phenoxy) is 1. The Labute approximate surface area is 200 Å². The van der Waals surface area contributed by atoms with Crippen LogP contribution in [0.2, 0.25) is 0 Å². The molecule has 1 amide bonds. The van der Waals surface area contributed by atoms with Crippen molar-refractivity contribution in [2.24, 2.45) is 0 Å². The molecule has 2 aromatic carbocycles. The quantitative estimate of drug-likeness (QED) is 0.299. The van der Waals surface area contributed by atoms with Crippen LogP contribution >= 0.6 is 11.8 Å². The molecule has 0 aliphatic carbocycles. The molecule has 0 fully saturated rings. The fourth-order valence-corrected chi connectivity index (χ4v) is 4.72. The number of likely N-dealkylation sites (N-methyl/N-ethyl adjacent to an activating group) is 1. The maximum absolute atomic E-state index is 13.0. The third-order valence-electron chi connectivity index (χ3n) is 5.71. The van der Waals surface area contributed by atoms with Crippen molar-refractivity contribution in [2.45, 2.75) is 11.6 Å². The van der Waals surface area contributed by atoms with Crippen LogP contribution in [0.15, 0.2) is 72.1 Å². The van der Waals surface area contributed by atoms with Crippen molar-refractivity contribution in [1.82, 2.24) is 19.7 Å². The number of aromatic nitrogens is 4. The molecule has 0 bridgehead atoms. The van der Waals surface area contributed by atoms with E-state index in [0.717, 1.165) is 28.3 Å². The van der Waals surface area contributed by atoms with Crippen LogP contribution in [0.4, 0.5) is 5.69 Å². The lowest BCUT2D eigenvalue weighted by Crippen LogP contribution is -2.20. The lowest BCUT2D eigenvalue weighted by Gasteiger charge is -2.11. The van der Waals surface area contributed by atoms with E-state index in [9.17, 15) is 9.59 Å². The van der Waals surface area contributed by atoms with E-state index in [4.69, 9.17) is 4.74 Å². The number of nitrogens with zero attached hydrogens (tertiary/aromatic N) is 5. The number of benzene rings is 2. The Morgan fingerprint density at radius 3 is 2.56 bits per heavy atom. The first-order valence-corrected chi connectivity index (χ1v) is 11.6. The highest BCUT2D eigenvalue weighted by Crippen LogP contribution is 2.31. The molecule has 0 saturated heterocycles. The number of fused-ring (bicyclic) bond motifs is 1. The maximum atomic E-state index is 13.0. The van der Waals surface area contributed by atoms with Crippen LogP contribution in [0.3, 0.4) is 0 Å². The molecule has 0 N–H and O–H groups in total. The number of pyridine rings is 1. The number of ketones is 1. The predicted molar refractivity (Wildman–Crippen MR) is 130 cm³/mol. The lowest BCUT2D eigenvalue weighted by atomic mass is 10.1. The van der Waals surface area contributed by atoms with Gasteiger partial charge in [-0.25, -0.2) is 0 Å². The summed E-state index contributed by atoms with van der Waals surface area (Å²) < 4.78 is 7.20. The van der Waals surface area contributed by atoms with Crippen LogP contribution in [0.5, 0.6) is 5.75 Å². The highest BCUT2D eigenvalue weighted by molar-refractivity contribution is 7.99. The van der Waals surface area contributed by atoms with Crippen LogP contribution in [0.25, 0.3) is 17.1 Å². The molecule has 3 heterocycles. The van der Waals surface area contributed by atoms with Gasteiger partial charge in [0, 0.05) is 41.9 Å².